The molecule has 1 saturated heterocycles. The summed E-state index contributed by atoms with van der Waals surface area (Å²) in [6.45, 7) is 5.16. The highest BCUT2D eigenvalue weighted by molar-refractivity contribution is 5.92. The minimum Gasteiger partial charge on any atom is -0.378 e. The highest BCUT2D eigenvalue weighted by atomic mass is 19.1. The van der Waals surface area contributed by atoms with E-state index in [0.717, 1.165) is 37.6 Å². The van der Waals surface area contributed by atoms with Gasteiger partial charge in [0.2, 0.25) is 11.8 Å². The van der Waals surface area contributed by atoms with Crippen LogP contribution in [0.4, 0.5) is 15.8 Å². The molecule has 1 aliphatic heterocycles. The first-order chi connectivity index (χ1) is 14.9. The SMILES string of the molecule is CC(NC(=O)CN(C)CC(=O)Nc1ccc(N2CCOCC2)cc1)c1ccc(F)cc1. The van der Waals surface area contributed by atoms with Crippen LogP contribution in [-0.4, -0.2) is 63.2 Å². The summed E-state index contributed by atoms with van der Waals surface area (Å²) in [5, 5.41) is 5.72. The average Bonchev–Trinajstić information content (AvgIpc) is 2.75. The summed E-state index contributed by atoms with van der Waals surface area (Å²) in [5.74, 6) is -0.716. The van der Waals surface area contributed by atoms with Gasteiger partial charge in [0.25, 0.3) is 0 Å². The van der Waals surface area contributed by atoms with Gasteiger partial charge in [0.15, 0.2) is 0 Å². The van der Waals surface area contributed by atoms with Gasteiger partial charge in [-0.3, -0.25) is 14.5 Å². The monoisotopic (exact) mass is 428 g/mol. The van der Waals surface area contributed by atoms with Crippen molar-refractivity contribution < 1.29 is 18.7 Å². The van der Waals surface area contributed by atoms with E-state index in [-0.39, 0.29) is 36.8 Å². The maximum absolute atomic E-state index is 13.0. The fraction of sp³-hybridized carbons (Fsp3) is 0.391. The maximum atomic E-state index is 13.0. The van der Waals surface area contributed by atoms with Crippen molar-refractivity contribution in [1.29, 1.82) is 0 Å². The maximum Gasteiger partial charge on any atom is 0.238 e. The van der Waals surface area contributed by atoms with Crippen molar-refractivity contribution in [2.75, 3.05) is 56.7 Å². The van der Waals surface area contributed by atoms with Gasteiger partial charge in [-0.1, -0.05) is 12.1 Å². The number of hydrogen-bond acceptors (Lipinski definition) is 5. The number of rotatable bonds is 8. The van der Waals surface area contributed by atoms with E-state index in [1.165, 1.54) is 12.1 Å². The molecule has 0 saturated carbocycles. The summed E-state index contributed by atoms with van der Waals surface area (Å²) in [6.07, 6.45) is 0. The topological polar surface area (TPSA) is 73.9 Å². The van der Waals surface area contributed by atoms with E-state index < -0.39 is 0 Å². The number of anilines is 2. The zero-order valence-corrected chi connectivity index (χ0v) is 17.9. The third-order valence-corrected chi connectivity index (χ3v) is 5.10. The number of amides is 2. The Labute approximate surface area is 182 Å². The van der Waals surface area contributed by atoms with Gasteiger partial charge in [-0.2, -0.15) is 0 Å². The predicted molar refractivity (Wildman–Crippen MR) is 119 cm³/mol. The zero-order chi connectivity index (χ0) is 22.2. The van der Waals surface area contributed by atoms with Crippen molar-refractivity contribution >= 4 is 23.2 Å². The van der Waals surface area contributed by atoms with Crippen LogP contribution >= 0.6 is 0 Å². The van der Waals surface area contributed by atoms with Gasteiger partial charge in [-0.15, -0.1) is 0 Å². The molecule has 166 valence electrons. The van der Waals surface area contributed by atoms with E-state index in [4.69, 9.17) is 4.74 Å². The molecule has 0 bridgehead atoms. The molecule has 2 amide bonds. The molecule has 8 heteroatoms. The molecule has 0 aromatic heterocycles. The average molecular weight is 429 g/mol. The van der Waals surface area contributed by atoms with Crippen LogP contribution < -0.4 is 15.5 Å². The molecule has 3 rings (SSSR count). The summed E-state index contributed by atoms with van der Waals surface area (Å²) >= 11 is 0. The largest absolute Gasteiger partial charge is 0.378 e. The van der Waals surface area contributed by atoms with Gasteiger partial charge in [0.05, 0.1) is 32.3 Å². The highest BCUT2D eigenvalue weighted by Crippen LogP contribution is 2.19. The van der Waals surface area contributed by atoms with Crippen molar-refractivity contribution in [3.05, 3.63) is 59.9 Å². The first-order valence-corrected chi connectivity index (χ1v) is 10.4. The third kappa shape index (κ3) is 7.04. The van der Waals surface area contributed by atoms with Crippen LogP contribution in [0.25, 0.3) is 0 Å². The quantitative estimate of drug-likeness (QED) is 0.676. The smallest absolute Gasteiger partial charge is 0.238 e. The predicted octanol–water partition coefficient (Wildman–Crippen LogP) is 2.41. The van der Waals surface area contributed by atoms with E-state index in [1.54, 1.807) is 24.1 Å². The van der Waals surface area contributed by atoms with Crippen LogP contribution in [0, 0.1) is 5.82 Å². The lowest BCUT2D eigenvalue weighted by Crippen LogP contribution is -2.39. The standard InChI is InChI=1S/C23H29FN4O3/c1-17(18-3-5-19(24)6-4-18)25-22(29)15-27(2)16-23(30)26-20-7-9-21(10-8-20)28-11-13-31-14-12-28/h3-10,17H,11-16H2,1-2H3,(H,25,29)(H,26,30). The number of nitrogens with zero attached hydrogens (tertiary/aromatic N) is 2. The van der Waals surface area contributed by atoms with Gasteiger partial charge >= 0.3 is 0 Å². The molecule has 0 aliphatic carbocycles. The lowest BCUT2D eigenvalue weighted by atomic mass is 10.1. The molecule has 2 aromatic carbocycles. The van der Waals surface area contributed by atoms with E-state index in [9.17, 15) is 14.0 Å². The molecule has 0 spiro atoms. The Morgan fingerprint density at radius 1 is 1.03 bits per heavy atom. The fourth-order valence-electron chi connectivity index (χ4n) is 3.45. The number of carbonyl (C=O) groups excluding carboxylic acids is 2. The number of carbonyl (C=O) groups is 2. The van der Waals surface area contributed by atoms with Gasteiger partial charge in [0, 0.05) is 24.5 Å². The number of nitrogens with one attached hydrogen (secondary N) is 2. The molecule has 1 fully saturated rings. The summed E-state index contributed by atoms with van der Waals surface area (Å²) in [5.41, 5.74) is 2.63. The minimum absolute atomic E-state index is 0.0783. The minimum atomic E-state index is -0.316. The molecular weight excluding hydrogens is 399 g/mol. The number of likely N-dealkylation sites (N-methyl/N-ethyl adjacent to an activating group) is 1. The lowest BCUT2D eigenvalue weighted by molar-refractivity contribution is -0.123. The Kier molecular flexibility index (Phi) is 7.97. The Bertz CT molecular complexity index is 867. The second kappa shape index (κ2) is 10.9. The first kappa shape index (κ1) is 22.7. The summed E-state index contributed by atoms with van der Waals surface area (Å²) in [6, 6.07) is 13.5. The number of ether oxygens (including phenoxy) is 1. The van der Waals surface area contributed by atoms with Gasteiger partial charge in [0.1, 0.15) is 5.82 Å². The first-order valence-electron chi connectivity index (χ1n) is 10.4. The molecule has 2 aromatic rings. The molecule has 7 nitrogen and oxygen atoms in total. The zero-order valence-electron chi connectivity index (χ0n) is 17.9. The van der Waals surface area contributed by atoms with Gasteiger partial charge < -0.3 is 20.3 Å². The lowest BCUT2D eigenvalue weighted by Gasteiger charge is -2.28. The molecule has 31 heavy (non-hydrogen) atoms. The van der Waals surface area contributed by atoms with Crippen molar-refractivity contribution in [1.82, 2.24) is 10.2 Å². The van der Waals surface area contributed by atoms with Crippen LogP contribution in [0.3, 0.4) is 0 Å². The number of halogens is 1. The van der Waals surface area contributed by atoms with Crippen molar-refractivity contribution in [3.63, 3.8) is 0 Å². The molecule has 1 aliphatic rings. The van der Waals surface area contributed by atoms with Gasteiger partial charge in [-0.05, 0) is 55.9 Å². The van der Waals surface area contributed by atoms with E-state index in [2.05, 4.69) is 15.5 Å². The fourth-order valence-corrected chi connectivity index (χ4v) is 3.45. The second-order valence-corrected chi connectivity index (χ2v) is 7.71. The number of morpholine rings is 1. The molecule has 1 atom stereocenters. The Balaban J connectivity index is 1.42. The summed E-state index contributed by atoms with van der Waals surface area (Å²) in [4.78, 5) is 28.5. The highest BCUT2D eigenvalue weighted by Gasteiger charge is 2.15. The second-order valence-electron chi connectivity index (χ2n) is 7.71. The Morgan fingerprint density at radius 3 is 2.29 bits per heavy atom. The molecule has 2 N–H and O–H groups in total. The van der Waals surface area contributed by atoms with Crippen molar-refractivity contribution in [2.45, 2.75) is 13.0 Å². The van der Waals surface area contributed by atoms with E-state index in [0.29, 0.717) is 5.69 Å². The Hall–Kier alpha value is -2.97. The van der Waals surface area contributed by atoms with Crippen LogP contribution in [-0.2, 0) is 14.3 Å². The van der Waals surface area contributed by atoms with Crippen LogP contribution in [0.15, 0.2) is 48.5 Å². The summed E-state index contributed by atoms with van der Waals surface area (Å²) < 4.78 is 18.4. The van der Waals surface area contributed by atoms with Crippen molar-refractivity contribution in [2.24, 2.45) is 0 Å². The number of hydrogen-bond donors (Lipinski definition) is 2. The van der Waals surface area contributed by atoms with Crippen LogP contribution in [0.5, 0.6) is 0 Å². The van der Waals surface area contributed by atoms with Gasteiger partial charge in [-0.25, -0.2) is 4.39 Å². The third-order valence-electron chi connectivity index (χ3n) is 5.10. The van der Waals surface area contributed by atoms with E-state index in [1.807, 2.05) is 31.2 Å². The van der Waals surface area contributed by atoms with E-state index >= 15 is 0 Å². The molecule has 0 radical (unpaired) electrons. The normalized spacial score (nSPS) is 14.9. The molecular formula is C23H29FN4O3. The van der Waals surface area contributed by atoms with Crippen LogP contribution in [0.1, 0.15) is 18.5 Å². The number of benzene rings is 2. The molecule has 1 unspecified atom stereocenters. The summed E-state index contributed by atoms with van der Waals surface area (Å²) in [7, 11) is 1.71. The van der Waals surface area contributed by atoms with Crippen molar-refractivity contribution in [3.8, 4) is 0 Å². The molecule has 1 heterocycles. The van der Waals surface area contributed by atoms with Crippen LogP contribution in [0.2, 0.25) is 0 Å². The Morgan fingerprint density at radius 2 is 1.65 bits per heavy atom.